The molecule has 0 atom stereocenters. The van der Waals surface area contributed by atoms with Gasteiger partial charge in [0.2, 0.25) is 0 Å². The van der Waals surface area contributed by atoms with E-state index in [1.54, 1.807) is 0 Å². The number of aliphatic carboxylic acids is 1. The van der Waals surface area contributed by atoms with Gasteiger partial charge in [0.25, 0.3) is 0 Å². The van der Waals surface area contributed by atoms with E-state index in [4.69, 9.17) is 5.11 Å². The molecule has 3 aliphatic carbocycles. The molecule has 0 aromatic heterocycles. The summed E-state index contributed by atoms with van der Waals surface area (Å²) in [5.41, 5.74) is -0.522. The standard InChI is InChI=1S/C16H25FO2/c17-16-11-15(12-16,13-16)10-8-6-4-2-1-3-5-7-9-14(18)19/h8,10H,1-7,9,11-13H2,(H,18,19)/b10-8+. The Morgan fingerprint density at radius 3 is 2.21 bits per heavy atom. The lowest BCUT2D eigenvalue weighted by atomic mass is 9.42. The molecular formula is C16H25FO2. The zero-order valence-corrected chi connectivity index (χ0v) is 11.7. The first-order chi connectivity index (χ1) is 9.04. The maximum absolute atomic E-state index is 13.3. The molecule has 3 fully saturated rings. The SMILES string of the molecule is O=C(O)CCCCCCCC/C=C/C12CC(F)(C1)C2. The van der Waals surface area contributed by atoms with Crippen LogP contribution in [0.2, 0.25) is 0 Å². The molecule has 2 bridgehead atoms. The summed E-state index contributed by atoms with van der Waals surface area (Å²) in [7, 11) is 0. The Morgan fingerprint density at radius 1 is 1.05 bits per heavy atom. The van der Waals surface area contributed by atoms with Crippen molar-refractivity contribution < 1.29 is 14.3 Å². The fraction of sp³-hybridized carbons (Fsp3) is 0.812. The monoisotopic (exact) mass is 268 g/mol. The molecule has 0 heterocycles. The van der Waals surface area contributed by atoms with Crippen molar-refractivity contribution in [1.82, 2.24) is 0 Å². The van der Waals surface area contributed by atoms with Crippen molar-refractivity contribution in [3.63, 3.8) is 0 Å². The molecule has 0 amide bonds. The highest BCUT2D eigenvalue weighted by Gasteiger charge is 2.67. The van der Waals surface area contributed by atoms with Gasteiger partial charge < -0.3 is 5.11 Å². The summed E-state index contributed by atoms with van der Waals surface area (Å²) < 4.78 is 13.3. The summed E-state index contributed by atoms with van der Waals surface area (Å²) in [6.45, 7) is 0. The minimum absolute atomic E-state index is 0.256. The van der Waals surface area contributed by atoms with Gasteiger partial charge in [-0.1, -0.05) is 37.8 Å². The smallest absolute Gasteiger partial charge is 0.303 e. The van der Waals surface area contributed by atoms with Crippen LogP contribution in [0.5, 0.6) is 0 Å². The van der Waals surface area contributed by atoms with E-state index in [1.165, 1.54) is 19.3 Å². The minimum Gasteiger partial charge on any atom is -0.481 e. The highest BCUT2D eigenvalue weighted by molar-refractivity contribution is 5.66. The molecule has 19 heavy (non-hydrogen) atoms. The highest BCUT2D eigenvalue weighted by Crippen LogP contribution is 2.70. The molecule has 1 N–H and O–H groups in total. The molecular weight excluding hydrogens is 243 g/mol. The van der Waals surface area contributed by atoms with Crippen LogP contribution in [0.3, 0.4) is 0 Å². The van der Waals surface area contributed by atoms with Gasteiger partial charge in [-0.2, -0.15) is 0 Å². The number of allylic oxidation sites excluding steroid dienone is 2. The third kappa shape index (κ3) is 4.05. The lowest BCUT2D eigenvalue weighted by Gasteiger charge is -2.64. The van der Waals surface area contributed by atoms with Crippen molar-refractivity contribution in [2.75, 3.05) is 0 Å². The quantitative estimate of drug-likeness (QED) is 0.463. The van der Waals surface area contributed by atoms with Crippen LogP contribution in [-0.4, -0.2) is 16.7 Å². The van der Waals surface area contributed by atoms with Crippen molar-refractivity contribution >= 4 is 5.97 Å². The predicted octanol–water partition coefficient (Wildman–Crippen LogP) is 4.64. The van der Waals surface area contributed by atoms with E-state index in [0.29, 0.717) is 6.42 Å². The van der Waals surface area contributed by atoms with E-state index in [0.717, 1.165) is 44.9 Å². The van der Waals surface area contributed by atoms with Gasteiger partial charge in [-0.05, 0) is 43.9 Å². The predicted molar refractivity (Wildman–Crippen MR) is 73.8 cm³/mol. The minimum atomic E-state index is -0.777. The number of hydrogen-bond acceptors (Lipinski definition) is 1. The zero-order valence-electron chi connectivity index (χ0n) is 11.7. The summed E-state index contributed by atoms with van der Waals surface area (Å²) in [4.78, 5) is 10.3. The van der Waals surface area contributed by atoms with Gasteiger partial charge in [-0.3, -0.25) is 4.79 Å². The second kappa shape index (κ2) is 6.06. The van der Waals surface area contributed by atoms with Crippen LogP contribution in [0.25, 0.3) is 0 Å². The normalized spacial score (nSPS) is 32.1. The molecule has 0 saturated heterocycles. The van der Waals surface area contributed by atoms with Crippen molar-refractivity contribution in [3.05, 3.63) is 12.2 Å². The molecule has 2 nitrogen and oxygen atoms in total. The van der Waals surface area contributed by atoms with Crippen molar-refractivity contribution in [3.8, 4) is 0 Å². The van der Waals surface area contributed by atoms with Crippen molar-refractivity contribution in [1.29, 1.82) is 0 Å². The van der Waals surface area contributed by atoms with E-state index in [-0.39, 0.29) is 5.41 Å². The number of halogens is 1. The van der Waals surface area contributed by atoms with Crippen LogP contribution in [0, 0.1) is 5.41 Å². The molecule has 108 valence electrons. The topological polar surface area (TPSA) is 37.3 Å². The fourth-order valence-corrected chi connectivity index (χ4v) is 3.49. The largest absolute Gasteiger partial charge is 0.481 e. The summed E-state index contributed by atoms with van der Waals surface area (Å²) in [5, 5.41) is 8.49. The van der Waals surface area contributed by atoms with Crippen LogP contribution in [0.15, 0.2) is 12.2 Å². The number of carboxylic acids is 1. The molecule has 0 aliphatic heterocycles. The van der Waals surface area contributed by atoms with Crippen LogP contribution in [0.1, 0.15) is 70.6 Å². The summed E-state index contributed by atoms with van der Waals surface area (Å²) in [6.07, 6.45) is 14.8. The molecule has 0 spiro atoms. The third-order valence-corrected chi connectivity index (χ3v) is 4.49. The first kappa shape index (κ1) is 14.5. The molecule has 0 radical (unpaired) electrons. The van der Waals surface area contributed by atoms with Crippen molar-refractivity contribution in [2.24, 2.45) is 5.41 Å². The average Bonchev–Trinajstić information content (AvgIpc) is 2.27. The Hall–Kier alpha value is -0.860. The van der Waals surface area contributed by atoms with Crippen molar-refractivity contribution in [2.45, 2.75) is 76.3 Å². The number of alkyl halides is 1. The van der Waals surface area contributed by atoms with Gasteiger partial charge in [0.05, 0.1) is 0 Å². The molecule has 0 aromatic rings. The van der Waals surface area contributed by atoms with Gasteiger partial charge in [-0.25, -0.2) is 4.39 Å². The number of rotatable bonds is 10. The molecule has 3 saturated carbocycles. The van der Waals surface area contributed by atoms with Gasteiger partial charge in [0.15, 0.2) is 0 Å². The first-order valence-electron chi connectivity index (χ1n) is 7.62. The number of unbranched alkanes of at least 4 members (excludes halogenated alkanes) is 6. The summed E-state index contributed by atoms with van der Waals surface area (Å²) >= 11 is 0. The van der Waals surface area contributed by atoms with Gasteiger partial charge >= 0.3 is 5.97 Å². The molecule has 3 aliphatic rings. The molecule has 0 unspecified atom stereocenters. The van der Waals surface area contributed by atoms with E-state index >= 15 is 0 Å². The second-order valence-electron chi connectivity index (χ2n) is 6.50. The lowest BCUT2D eigenvalue weighted by Crippen LogP contribution is -2.63. The van der Waals surface area contributed by atoms with Crippen LogP contribution < -0.4 is 0 Å². The van der Waals surface area contributed by atoms with Crippen LogP contribution >= 0.6 is 0 Å². The van der Waals surface area contributed by atoms with E-state index in [2.05, 4.69) is 12.2 Å². The van der Waals surface area contributed by atoms with E-state index in [1.807, 2.05) is 0 Å². The molecule has 3 rings (SSSR count). The Labute approximate surface area is 115 Å². The Kier molecular flexibility index (Phi) is 4.64. The summed E-state index contributed by atoms with van der Waals surface area (Å²) in [5.74, 6) is -0.686. The van der Waals surface area contributed by atoms with E-state index in [9.17, 15) is 9.18 Å². The number of carbonyl (C=O) groups is 1. The second-order valence-corrected chi connectivity index (χ2v) is 6.50. The van der Waals surface area contributed by atoms with Crippen LogP contribution in [-0.2, 0) is 4.79 Å². The lowest BCUT2D eigenvalue weighted by molar-refractivity contribution is -0.182. The van der Waals surface area contributed by atoms with Gasteiger partial charge in [0, 0.05) is 6.42 Å². The Morgan fingerprint density at radius 2 is 1.63 bits per heavy atom. The summed E-state index contributed by atoms with van der Waals surface area (Å²) in [6, 6.07) is 0. The highest BCUT2D eigenvalue weighted by atomic mass is 19.1. The van der Waals surface area contributed by atoms with Gasteiger partial charge in [-0.15, -0.1) is 0 Å². The Balaban J connectivity index is 1.37. The molecule has 0 aromatic carbocycles. The number of carboxylic acid groups (broad SMARTS) is 1. The van der Waals surface area contributed by atoms with E-state index < -0.39 is 11.6 Å². The average molecular weight is 268 g/mol. The maximum atomic E-state index is 13.3. The van der Waals surface area contributed by atoms with Gasteiger partial charge in [0.1, 0.15) is 5.67 Å². The number of hydrogen-bond donors (Lipinski definition) is 1. The fourth-order valence-electron chi connectivity index (χ4n) is 3.49. The van der Waals surface area contributed by atoms with Crippen LogP contribution in [0.4, 0.5) is 4.39 Å². The third-order valence-electron chi connectivity index (χ3n) is 4.49. The Bertz CT molecular complexity index is 329. The molecule has 3 heteroatoms. The maximum Gasteiger partial charge on any atom is 0.303 e. The first-order valence-corrected chi connectivity index (χ1v) is 7.62. The zero-order chi connectivity index (χ0) is 13.8.